The number of carbonyl (C=O) groups is 1. The van der Waals surface area contributed by atoms with E-state index in [1.54, 1.807) is 0 Å². The quantitative estimate of drug-likeness (QED) is 0.815. The van der Waals surface area contributed by atoms with E-state index >= 15 is 0 Å². The first-order valence-electron chi connectivity index (χ1n) is 8.70. The van der Waals surface area contributed by atoms with Gasteiger partial charge in [0.25, 0.3) is 0 Å². The maximum atomic E-state index is 12.2. The largest absolute Gasteiger partial charge is 0.444 e. The molecule has 4 nitrogen and oxygen atoms in total. The van der Waals surface area contributed by atoms with Gasteiger partial charge in [-0.3, -0.25) is 0 Å². The molecule has 23 heavy (non-hydrogen) atoms. The smallest absolute Gasteiger partial charge is 0.410 e. The number of carbonyl (C=O) groups excluding carboxylic acids is 1. The van der Waals surface area contributed by atoms with E-state index in [2.05, 4.69) is 29.6 Å². The van der Waals surface area contributed by atoms with Crippen LogP contribution in [0.15, 0.2) is 30.3 Å². The number of likely N-dealkylation sites (tertiary alicyclic amines) is 1. The van der Waals surface area contributed by atoms with Crippen LogP contribution in [0.4, 0.5) is 4.79 Å². The fourth-order valence-corrected chi connectivity index (χ4v) is 2.94. The van der Waals surface area contributed by atoms with E-state index in [1.165, 1.54) is 5.56 Å². The third-order valence-corrected chi connectivity index (χ3v) is 4.05. The first-order chi connectivity index (χ1) is 11.0. The Hall–Kier alpha value is -1.55. The first-order valence-corrected chi connectivity index (χ1v) is 8.70. The van der Waals surface area contributed by atoms with Gasteiger partial charge in [0.1, 0.15) is 5.60 Å². The molecule has 1 atom stereocenters. The van der Waals surface area contributed by atoms with Gasteiger partial charge < -0.3 is 15.0 Å². The molecule has 1 aromatic rings. The van der Waals surface area contributed by atoms with E-state index in [1.807, 2.05) is 31.7 Å². The number of rotatable bonds is 6. The van der Waals surface area contributed by atoms with E-state index in [4.69, 9.17) is 4.74 Å². The monoisotopic (exact) mass is 318 g/mol. The number of benzene rings is 1. The molecule has 1 N–H and O–H groups in total. The Balaban J connectivity index is 1.67. The van der Waals surface area contributed by atoms with Crippen molar-refractivity contribution in [2.45, 2.75) is 58.1 Å². The molecule has 0 saturated carbocycles. The van der Waals surface area contributed by atoms with Crippen LogP contribution in [0.2, 0.25) is 0 Å². The molecule has 4 heteroatoms. The minimum atomic E-state index is -0.423. The van der Waals surface area contributed by atoms with Gasteiger partial charge >= 0.3 is 6.09 Å². The SMILES string of the molecule is CC(C)(C)OC(=O)N1CCCC1CNCCCc1ccccc1. The number of hydrogen-bond donors (Lipinski definition) is 1. The van der Waals surface area contributed by atoms with Crippen LogP contribution >= 0.6 is 0 Å². The van der Waals surface area contributed by atoms with Crippen LogP contribution in [0, 0.1) is 0 Å². The van der Waals surface area contributed by atoms with Gasteiger partial charge in [0.2, 0.25) is 0 Å². The zero-order chi connectivity index (χ0) is 16.7. The fourth-order valence-electron chi connectivity index (χ4n) is 2.94. The van der Waals surface area contributed by atoms with Crippen molar-refractivity contribution < 1.29 is 9.53 Å². The summed E-state index contributed by atoms with van der Waals surface area (Å²) >= 11 is 0. The lowest BCUT2D eigenvalue weighted by molar-refractivity contribution is 0.0227. The summed E-state index contributed by atoms with van der Waals surface area (Å²) in [5, 5.41) is 3.50. The fraction of sp³-hybridized carbons (Fsp3) is 0.632. The molecule has 1 heterocycles. The summed E-state index contributed by atoms with van der Waals surface area (Å²) in [6.07, 6.45) is 4.16. The molecule has 0 spiro atoms. The molecule has 1 aliphatic heterocycles. The van der Waals surface area contributed by atoms with Gasteiger partial charge in [-0.2, -0.15) is 0 Å². The van der Waals surface area contributed by atoms with Crippen molar-refractivity contribution in [3.05, 3.63) is 35.9 Å². The number of amides is 1. The van der Waals surface area contributed by atoms with Gasteiger partial charge in [-0.25, -0.2) is 4.79 Å². The summed E-state index contributed by atoms with van der Waals surface area (Å²) in [4.78, 5) is 14.1. The zero-order valence-corrected chi connectivity index (χ0v) is 14.7. The number of aryl methyl sites for hydroxylation is 1. The Morgan fingerprint density at radius 3 is 2.74 bits per heavy atom. The lowest BCUT2D eigenvalue weighted by Crippen LogP contribution is -2.44. The average molecular weight is 318 g/mol. The van der Waals surface area contributed by atoms with Gasteiger partial charge in [0, 0.05) is 19.1 Å². The Morgan fingerprint density at radius 2 is 2.04 bits per heavy atom. The highest BCUT2D eigenvalue weighted by Gasteiger charge is 2.31. The number of nitrogens with one attached hydrogen (secondary N) is 1. The van der Waals surface area contributed by atoms with Crippen molar-refractivity contribution in [2.75, 3.05) is 19.6 Å². The van der Waals surface area contributed by atoms with Gasteiger partial charge in [-0.15, -0.1) is 0 Å². The summed E-state index contributed by atoms with van der Waals surface area (Å²) in [5.74, 6) is 0. The van der Waals surface area contributed by atoms with Crippen LogP contribution in [0.1, 0.15) is 45.6 Å². The van der Waals surface area contributed by atoms with Gasteiger partial charge in [-0.05, 0) is 58.6 Å². The molecule has 0 aliphatic carbocycles. The third kappa shape index (κ3) is 6.22. The summed E-state index contributed by atoms with van der Waals surface area (Å²) in [6.45, 7) is 8.39. The van der Waals surface area contributed by atoms with Crippen molar-refractivity contribution in [3.8, 4) is 0 Å². The van der Waals surface area contributed by atoms with Gasteiger partial charge in [0.05, 0.1) is 0 Å². The Morgan fingerprint density at radius 1 is 1.30 bits per heavy atom. The topological polar surface area (TPSA) is 41.6 Å². The second-order valence-electron chi connectivity index (χ2n) is 7.26. The van der Waals surface area contributed by atoms with Crippen LogP contribution in [-0.4, -0.2) is 42.3 Å². The van der Waals surface area contributed by atoms with E-state index in [-0.39, 0.29) is 12.1 Å². The summed E-state index contributed by atoms with van der Waals surface area (Å²) < 4.78 is 5.50. The first kappa shape index (κ1) is 17.8. The number of hydrogen-bond acceptors (Lipinski definition) is 3. The van der Waals surface area contributed by atoms with Crippen molar-refractivity contribution in [2.24, 2.45) is 0 Å². The predicted molar refractivity (Wildman–Crippen MR) is 93.6 cm³/mol. The van der Waals surface area contributed by atoms with E-state index < -0.39 is 5.60 Å². The molecule has 1 amide bonds. The molecule has 0 radical (unpaired) electrons. The molecule has 1 saturated heterocycles. The van der Waals surface area contributed by atoms with Crippen molar-refractivity contribution in [1.29, 1.82) is 0 Å². The highest BCUT2D eigenvalue weighted by atomic mass is 16.6. The van der Waals surface area contributed by atoms with Crippen molar-refractivity contribution >= 4 is 6.09 Å². The second-order valence-corrected chi connectivity index (χ2v) is 7.26. The predicted octanol–water partition coefficient (Wildman–Crippen LogP) is 3.61. The minimum absolute atomic E-state index is 0.175. The lowest BCUT2D eigenvalue weighted by Gasteiger charge is -2.28. The van der Waals surface area contributed by atoms with E-state index in [0.29, 0.717) is 0 Å². The maximum absolute atomic E-state index is 12.2. The van der Waals surface area contributed by atoms with Crippen LogP contribution in [0.5, 0.6) is 0 Å². The third-order valence-electron chi connectivity index (χ3n) is 4.05. The molecule has 0 bridgehead atoms. The summed E-state index contributed by atoms with van der Waals surface area (Å²) in [5.41, 5.74) is 0.957. The summed E-state index contributed by atoms with van der Waals surface area (Å²) in [7, 11) is 0. The van der Waals surface area contributed by atoms with E-state index in [9.17, 15) is 4.79 Å². The molecular formula is C19H30N2O2. The van der Waals surface area contributed by atoms with Crippen LogP contribution < -0.4 is 5.32 Å². The molecule has 1 aliphatic rings. The molecule has 2 rings (SSSR count). The number of nitrogens with zero attached hydrogens (tertiary/aromatic N) is 1. The zero-order valence-electron chi connectivity index (χ0n) is 14.7. The average Bonchev–Trinajstić information content (AvgIpc) is 2.95. The Labute approximate surface area is 140 Å². The molecule has 0 aromatic heterocycles. The molecule has 1 aromatic carbocycles. The molecule has 128 valence electrons. The maximum Gasteiger partial charge on any atom is 0.410 e. The van der Waals surface area contributed by atoms with Gasteiger partial charge in [0.15, 0.2) is 0 Å². The highest BCUT2D eigenvalue weighted by molar-refractivity contribution is 5.69. The standard InChI is InChI=1S/C19H30N2O2/c1-19(2,3)23-18(22)21-14-8-12-17(21)15-20-13-7-11-16-9-5-4-6-10-16/h4-6,9-10,17,20H,7-8,11-15H2,1-3H3. The van der Waals surface area contributed by atoms with Crippen LogP contribution in [0.3, 0.4) is 0 Å². The molecule has 1 fully saturated rings. The van der Waals surface area contributed by atoms with Crippen molar-refractivity contribution in [3.63, 3.8) is 0 Å². The second kappa shape index (κ2) is 8.34. The van der Waals surface area contributed by atoms with Crippen LogP contribution in [0.25, 0.3) is 0 Å². The lowest BCUT2D eigenvalue weighted by atomic mass is 10.1. The van der Waals surface area contributed by atoms with Gasteiger partial charge in [-0.1, -0.05) is 30.3 Å². The number of ether oxygens (including phenoxy) is 1. The minimum Gasteiger partial charge on any atom is -0.444 e. The normalized spacial score (nSPS) is 18.2. The Bertz CT molecular complexity index is 482. The van der Waals surface area contributed by atoms with Crippen molar-refractivity contribution in [1.82, 2.24) is 10.2 Å². The molecular weight excluding hydrogens is 288 g/mol. The van der Waals surface area contributed by atoms with E-state index in [0.717, 1.165) is 45.3 Å². The Kier molecular flexibility index (Phi) is 6.46. The van der Waals surface area contributed by atoms with Crippen LogP contribution in [-0.2, 0) is 11.2 Å². The summed E-state index contributed by atoms with van der Waals surface area (Å²) in [6, 6.07) is 10.8. The molecule has 1 unspecified atom stereocenters. The highest BCUT2D eigenvalue weighted by Crippen LogP contribution is 2.20.